The van der Waals surface area contributed by atoms with E-state index in [1.807, 2.05) is 0 Å². The Bertz CT molecular complexity index is 476. The van der Waals surface area contributed by atoms with E-state index < -0.39 is 5.97 Å². The minimum absolute atomic E-state index is 0.00174. The summed E-state index contributed by atoms with van der Waals surface area (Å²) < 4.78 is 13.4. The molecule has 0 aliphatic rings. The molecular formula is C14H18FNO3. The molecule has 0 spiro atoms. The van der Waals surface area contributed by atoms with E-state index in [0.717, 1.165) is 0 Å². The standard InChI is InChI=1S/C14H18FNO3/c1-8(4-12(17)18)7-16-14(19)11-5-9(2)13(15)10(3)6-11/h5-6,8H,4,7H2,1-3H3,(H,16,19)(H,17,18). The number of carboxylic acids is 1. The lowest BCUT2D eigenvalue weighted by Crippen LogP contribution is -2.29. The zero-order valence-corrected chi connectivity index (χ0v) is 11.3. The van der Waals surface area contributed by atoms with Gasteiger partial charge in [0, 0.05) is 18.5 Å². The Balaban J connectivity index is 2.66. The van der Waals surface area contributed by atoms with Crippen molar-refractivity contribution in [2.24, 2.45) is 5.92 Å². The van der Waals surface area contributed by atoms with Crippen LogP contribution in [0, 0.1) is 25.6 Å². The predicted octanol–water partition coefficient (Wildman–Crippen LogP) is 2.28. The summed E-state index contributed by atoms with van der Waals surface area (Å²) in [5, 5.41) is 11.3. The Kier molecular flexibility index (Phi) is 5.03. The number of hydrogen-bond acceptors (Lipinski definition) is 2. The largest absolute Gasteiger partial charge is 0.481 e. The molecule has 0 heterocycles. The number of amides is 1. The first-order valence-electron chi connectivity index (χ1n) is 6.08. The second-order valence-electron chi connectivity index (χ2n) is 4.84. The maximum atomic E-state index is 13.4. The van der Waals surface area contributed by atoms with Gasteiger partial charge in [-0.3, -0.25) is 9.59 Å². The number of benzene rings is 1. The summed E-state index contributed by atoms with van der Waals surface area (Å²) in [6.07, 6.45) is 0.00174. The average Bonchev–Trinajstić information content (AvgIpc) is 2.31. The highest BCUT2D eigenvalue weighted by molar-refractivity contribution is 5.94. The molecule has 1 aromatic rings. The summed E-state index contributed by atoms with van der Waals surface area (Å²) in [5.74, 6) is -1.67. The summed E-state index contributed by atoms with van der Waals surface area (Å²) >= 11 is 0. The maximum absolute atomic E-state index is 13.4. The van der Waals surface area contributed by atoms with Crippen molar-refractivity contribution in [3.63, 3.8) is 0 Å². The molecule has 0 saturated heterocycles. The minimum Gasteiger partial charge on any atom is -0.481 e. The third-order valence-corrected chi connectivity index (χ3v) is 2.83. The van der Waals surface area contributed by atoms with E-state index in [-0.39, 0.29) is 30.6 Å². The van der Waals surface area contributed by atoms with E-state index in [0.29, 0.717) is 16.7 Å². The lowest BCUT2D eigenvalue weighted by atomic mass is 10.0. The van der Waals surface area contributed by atoms with Gasteiger partial charge in [-0.15, -0.1) is 0 Å². The van der Waals surface area contributed by atoms with Crippen LogP contribution in [0.4, 0.5) is 4.39 Å². The van der Waals surface area contributed by atoms with E-state index in [2.05, 4.69) is 5.32 Å². The van der Waals surface area contributed by atoms with Gasteiger partial charge >= 0.3 is 5.97 Å². The fraction of sp³-hybridized carbons (Fsp3) is 0.429. The number of carbonyl (C=O) groups is 2. The average molecular weight is 267 g/mol. The highest BCUT2D eigenvalue weighted by atomic mass is 19.1. The lowest BCUT2D eigenvalue weighted by Gasteiger charge is -2.11. The van der Waals surface area contributed by atoms with Crippen molar-refractivity contribution in [2.45, 2.75) is 27.2 Å². The summed E-state index contributed by atoms with van der Waals surface area (Å²) in [6, 6.07) is 2.97. The van der Waals surface area contributed by atoms with E-state index in [1.54, 1.807) is 20.8 Å². The van der Waals surface area contributed by atoms with Crippen molar-refractivity contribution >= 4 is 11.9 Å². The third kappa shape index (κ3) is 4.35. The molecule has 1 unspecified atom stereocenters. The van der Waals surface area contributed by atoms with Gasteiger partial charge in [0.05, 0.1) is 0 Å². The molecule has 1 rings (SSSR count). The normalized spacial score (nSPS) is 12.0. The summed E-state index contributed by atoms with van der Waals surface area (Å²) in [5.41, 5.74) is 1.23. The Morgan fingerprint density at radius 1 is 1.32 bits per heavy atom. The first-order valence-corrected chi connectivity index (χ1v) is 6.08. The second kappa shape index (κ2) is 6.31. The molecule has 5 heteroatoms. The molecule has 0 aromatic heterocycles. The predicted molar refractivity (Wildman–Crippen MR) is 69.6 cm³/mol. The van der Waals surface area contributed by atoms with Gasteiger partial charge in [-0.1, -0.05) is 6.92 Å². The Hall–Kier alpha value is -1.91. The first-order chi connectivity index (χ1) is 8.81. The zero-order valence-electron chi connectivity index (χ0n) is 11.3. The van der Waals surface area contributed by atoms with E-state index in [4.69, 9.17) is 5.11 Å². The number of carbonyl (C=O) groups excluding carboxylic acids is 1. The van der Waals surface area contributed by atoms with Crippen LogP contribution in [0.25, 0.3) is 0 Å². The smallest absolute Gasteiger partial charge is 0.303 e. The zero-order chi connectivity index (χ0) is 14.6. The van der Waals surface area contributed by atoms with Gasteiger partial charge in [0.15, 0.2) is 0 Å². The van der Waals surface area contributed by atoms with Gasteiger partial charge in [-0.25, -0.2) is 4.39 Å². The molecule has 0 aliphatic carbocycles. The number of halogens is 1. The molecule has 1 aromatic carbocycles. The fourth-order valence-electron chi connectivity index (χ4n) is 1.82. The van der Waals surface area contributed by atoms with E-state index in [1.165, 1.54) is 12.1 Å². The number of aliphatic carboxylic acids is 1. The molecule has 104 valence electrons. The second-order valence-corrected chi connectivity index (χ2v) is 4.84. The summed E-state index contributed by atoms with van der Waals surface area (Å²) in [7, 11) is 0. The summed E-state index contributed by atoms with van der Waals surface area (Å²) in [4.78, 5) is 22.4. The van der Waals surface area contributed by atoms with E-state index >= 15 is 0 Å². The van der Waals surface area contributed by atoms with Gasteiger partial charge in [0.2, 0.25) is 0 Å². The monoisotopic (exact) mass is 267 g/mol. The molecule has 0 aliphatic heterocycles. The number of rotatable bonds is 5. The molecule has 0 fully saturated rings. The summed E-state index contributed by atoms with van der Waals surface area (Å²) in [6.45, 7) is 5.23. The van der Waals surface area contributed by atoms with Crippen molar-refractivity contribution in [2.75, 3.05) is 6.54 Å². The first kappa shape index (κ1) is 15.1. The van der Waals surface area contributed by atoms with Gasteiger partial charge < -0.3 is 10.4 Å². The molecule has 2 N–H and O–H groups in total. The Labute approximate surface area is 111 Å². The van der Waals surface area contributed by atoms with Gasteiger partial charge in [-0.05, 0) is 43.0 Å². The van der Waals surface area contributed by atoms with Crippen molar-refractivity contribution in [3.05, 3.63) is 34.6 Å². The highest BCUT2D eigenvalue weighted by Gasteiger charge is 2.13. The Morgan fingerprint density at radius 3 is 2.32 bits per heavy atom. The van der Waals surface area contributed by atoms with Crippen molar-refractivity contribution in [1.82, 2.24) is 5.32 Å². The SMILES string of the molecule is Cc1cc(C(=O)NCC(C)CC(=O)O)cc(C)c1F. The van der Waals surface area contributed by atoms with Crippen molar-refractivity contribution in [3.8, 4) is 0 Å². The molecule has 0 radical (unpaired) electrons. The topological polar surface area (TPSA) is 66.4 Å². The van der Waals surface area contributed by atoms with Crippen LogP contribution in [-0.4, -0.2) is 23.5 Å². The van der Waals surface area contributed by atoms with Gasteiger partial charge in [-0.2, -0.15) is 0 Å². The maximum Gasteiger partial charge on any atom is 0.303 e. The minimum atomic E-state index is -0.893. The van der Waals surface area contributed by atoms with Crippen LogP contribution in [0.1, 0.15) is 34.8 Å². The fourth-order valence-corrected chi connectivity index (χ4v) is 1.82. The molecule has 19 heavy (non-hydrogen) atoms. The molecule has 1 atom stereocenters. The molecule has 0 saturated carbocycles. The number of nitrogens with one attached hydrogen (secondary N) is 1. The quantitative estimate of drug-likeness (QED) is 0.860. The highest BCUT2D eigenvalue weighted by Crippen LogP contribution is 2.14. The molecule has 1 amide bonds. The Morgan fingerprint density at radius 2 is 1.84 bits per heavy atom. The van der Waals surface area contributed by atoms with Gasteiger partial charge in [0.1, 0.15) is 5.82 Å². The molecule has 4 nitrogen and oxygen atoms in total. The van der Waals surface area contributed by atoms with E-state index in [9.17, 15) is 14.0 Å². The number of carboxylic acid groups (broad SMARTS) is 1. The number of aryl methyl sites for hydroxylation is 2. The molecule has 0 bridgehead atoms. The van der Waals surface area contributed by atoms with Crippen LogP contribution >= 0.6 is 0 Å². The van der Waals surface area contributed by atoms with Crippen LogP contribution in [0.2, 0.25) is 0 Å². The van der Waals surface area contributed by atoms with Crippen molar-refractivity contribution in [1.29, 1.82) is 0 Å². The van der Waals surface area contributed by atoms with Crippen molar-refractivity contribution < 1.29 is 19.1 Å². The number of hydrogen-bond donors (Lipinski definition) is 2. The lowest BCUT2D eigenvalue weighted by molar-refractivity contribution is -0.137. The van der Waals surface area contributed by atoms with Crippen LogP contribution in [0.3, 0.4) is 0 Å². The molecular weight excluding hydrogens is 249 g/mol. The van der Waals surface area contributed by atoms with Crippen LogP contribution in [0.15, 0.2) is 12.1 Å². The third-order valence-electron chi connectivity index (χ3n) is 2.83. The van der Waals surface area contributed by atoms with Crippen LogP contribution in [0.5, 0.6) is 0 Å². The van der Waals surface area contributed by atoms with Gasteiger partial charge in [0.25, 0.3) is 5.91 Å². The van der Waals surface area contributed by atoms with Crippen LogP contribution in [-0.2, 0) is 4.79 Å². The van der Waals surface area contributed by atoms with Crippen LogP contribution < -0.4 is 5.32 Å².